The fraction of sp³-hybridized carbons (Fsp3) is 0.568. The maximum atomic E-state index is 6.85. The van der Waals surface area contributed by atoms with Crippen molar-refractivity contribution in [2.45, 2.75) is 96.9 Å². The highest BCUT2D eigenvalue weighted by molar-refractivity contribution is 5.68. The summed E-state index contributed by atoms with van der Waals surface area (Å²) in [5, 5.41) is 0. The van der Waals surface area contributed by atoms with Gasteiger partial charge in [0.2, 0.25) is 6.29 Å². The van der Waals surface area contributed by atoms with Crippen molar-refractivity contribution in [3.8, 4) is 5.75 Å². The summed E-state index contributed by atoms with van der Waals surface area (Å²) in [6.07, 6.45) is 18.4. The van der Waals surface area contributed by atoms with Crippen LogP contribution < -0.4 is 4.74 Å². The van der Waals surface area contributed by atoms with Gasteiger partial charge in [-0.25, -0.2) is 0 Å². The molecule has 5 aliphatic carbocycles. The maximum absolute atomic E-state index is 6.85. The molecule has 7 unspecified atom stereocenters. The molecule has 0 spiro atoms. The molecule has 0 amide bonds. The first-order valence-electron chi connectivity index (χ1n) is 15.9. The quantitative estimate of drug-likeness (QED) is 0.289. The Morgan fingerprint density at radius 2 is 1.64 bits per heavy atom. The van der Waals surface area contributed by atoms with Crippen molar-refractivity contribution in [3.05, 3.63) is 83.4 Å². The second-order valence-electron chi connectivity index (χ2n) is 14.0. The second kappa shape index (κ2) is 10.3. The van der Waals surface area contributed by atoms with E-state index in [0.717, 1.165) is 47.8 Å². The lowest BCUT2D eigenvalue weighted by Crippen LogP contribution is -2.60. The maximum Gasteiger partial charge on any atom is 0.226 e. The third-order valence-electron chi connectivity index (χ3n) is 11.1. The Labute approximate surface area is 235 Å². The van der Waals surface area contributed by atoms with Crippen LogP contribution in [0.3, 0.4) is 0 Å². The standard InChI is InChI=1S/C37H46O2/c1-24(2)22-33(37(3)20-21-37)27-16-18-29(19-17-27)38-36(39-34-23-32-30-10-7-11-31(30)35(32)34)28-14-12-26(13-15-28)25-8-5-4-6-9-25/h4-5,8,12-19,24,30-36H,6-7,9-11,20-23H2,1-3H3. The van der Waals surface area contributed by atoms with E-state index in [-0.39, 0.29) is 6.29 Å². The van der Waals surface area contributed by atoms with Gasteiger partial charge < -0.3 is 9.47 Å². The number of hydrogen-bond acceptors (Lipinski definition) is 2. The Balaban J connectivity index is 1.10. The minimum Gasteiger partial charge on any atom is -0.461 e. The number of allylic oxidation sites excluding steroid dienone is 4. The zero-order chi connectivity index (χ0) is 26.6. The molecule has 2 aromatic carbocycles. The summed E-state index contributed by atoms with van der Waals surface area (Å²) in [6.45, 7) is 7.18. The molecule has 39 heavy (non-hydrogen) atoms. The summed E-state index contributed by atoms with van der Waals surface area (Å²) in [5.74, 6) is 5.84. The molecule has 0 aliphatic heterocycles. The lowest BCUT2D eigenvalue weighted by molar-refractivity contribution is -0.249. The summed E-state index contributed by atoms with van der Waals surface area (Å²) < 4.78 is 13.5. The summed E-state index contributed by atoms with van der Waals surface area (Å²) in [4.78, 5) is 0. The predicted octanol–water partition coefficient (Wildman–Crippen LogP) is 9.88. The topological polar surface area (TPSA) is 18.5 Å². The van der Waals surface area contributed by atoms with E-state index in [4.69, 9.17) is 9.47 Å². The van der Waals surface area contributed by atoms with E-state index in [9.17, 15) is 0 Å². The van der Waals surface area contributed by atoms with Crippen LogP contribution in [0.1, 0.15) is 107 Å². The smallest absolute Gasteiger partial charge is 0.226 e. The molecule has 4 saturated carbocycles. The number of fused-ring (bicyclic) bond motifs is 4. The molecule has 2 nitrogen and oxygen atoms in total. The monoisotopic (exact) mass is 522 g/mol. The lowest BCUT2D eigenvalue weighted by atomic mass is 9.46. The van der Waals surface area contributed by atoms with Crippen molar-refractivity contribution >= 4 is 5.57 Å². The van der Waals surface area contributed by atoms with Gasteiger partial charge in [-0.05, 0) is 121 Å². The van der Waals surface area contributed by atoms with Gasteiger partial charge in [0.15, 0.2) is 0 Å². The lowest BCUT2D eigenvalue weighted by Gasteiger charge is -2.61. The minimum atomic E-state index is -0.357. The fourth-order valence-electron chi connectivity index (χ4n) is 8.52. The Bertz CT molecular complexity index is 1220. The molecular weight excluding hydrogens is 476 g/mol. The van der Waals surface area contributed by atoms with E-state index in [1.54, 1.807) is 0 Å². The largest absolute Gasteiger partial charge is 0.461 e. The van der Waals surface area contributed by atoms with Gasteiger partial charge in [-0.2, -0.15) is 0 Å². The van der Waals surface area contributed by atoms with Crippen LogP contribution in [0.15, 0.2) is 66.8 Å². The van der Waals surface area contributed by atoms with Gasteiger partial charge in [0, 0.05) is 5.56 Å². The molecule has 0 radical (unpaired) electrons. The van der Waals surface area contributed by atoms with Gasteiger partial charge in [-0.15, -0.1) is 0 Å². The minimum absolute atomic E-state index is 0.342. The van der Waals surface area contributed by atoms with Gasteiger partial charge in [-0.1, -0.05) is 81.8 Å². The first kappa shape index (κ1) is 25.6. The van der Waals surface area contributed by atoms with Crippen molar-refractivity contribution in [2.75, 3.05) is 0 Å². The normalized spacial score (nSPS) is 31.4. The van der Waals surface area contributed by atoms with Crippen LogP contribution in [0.5, 0.6) is 5.75 Å². The summed E-state index contributed by atoms with van der Waals surface area (Å²) >= 11 is 0. The molecule has 0 bridgehead atoms. The zero-order valence-electron chi connectivity index (χ0n) is 24.2. The van der Waals surface area contributed by atoms with Crippen LogP contribution >= 0.6 is 0 Å². The van der Waals surface area contributed by atoms with Crippen LogP contribution in [-0.2, 0) is 4.74 Å². The van der Waals surface area contributed by atoms with Crippen LogP contribution in [0.25, 0.3) is 5.57 Å². The van der Waals surface area contributed by atoms with E-state index < -0.39 is 0 Å². The molecule has 2 heteroatoms. The molecule has 206 valence electrons. The van der Waals surface area contributed by atoms with E-state index in [2.05, 4.69) is 87.5 Å². The molecule has 0 N–H and O–H groups in total. The Kier molecular flexibility index (Phi) is 6.74. The van der Waals surface area contributed by atoms with Gasteiger partial charge >= 0.3 is 0 Å². The van der Waals surface area contributed by atoms with Crippen LogP contribution in [0.2, 0.25) is 0 Å². The van der Waals surface area contributed by atoms with Gasteiger partial charge in [-0.3, -0.25) is 0 Å². The van der Waals surface area contributed by atoms with Gasteiger partial charge in [0.05, 0.1) is 6.10 Å². The van der Waals surface area contributed by atoms with Crippen LogP contribution in [0, 0.1) is 35.0 Å². The van der Waals surface area contributed by atoms with Gasteiger partial charge in [0.25, 0.3) is 0 Å². The molecular formula is C37H46O2. The average molecular weight is 523 g/mol. The summed E-state index contributed by atoms with van der Waals surface area (Å²) in [5.41, 5.74) is 5.81. The molecule has 7 rings (SSSR count). The number of benzene rings is 2. The third kappa shape index (κ3) is 4.92. The highest BCUT2D eigenvalue weighted by Gasteiger charge is 2.62. The number of rotatable bonds is 10. The van der Waals surface area contributed by atoms with E-state index >= 15 is 0 Å². The predicted molar refractivity (Wildman–Crippen MR) is 159 cm³/mol. The molecule has 7 atom stereocenters. The molecule has 2 aromatic rings. The highest BCUT2D eigenvalue weighted by atomic mass is 16.7. The van der Waals surface area contributed by atoms with E-state index in [1.165, 1.54) is 61.6 Å². The van der Waals surface area contributed by atoms with Gasteiger partial charge in [0.1, 0.15) is 5.75 Å². The SMILES string of the molecule is CC(C)CC(c1ccc(OC(OC2CC3C4CCCC4C23)c2ccc(C3=CC=CCC3)cc2)cc1)C1(C)CC1. The van der Waals surface area contributed by atoms with Crippen molar-refractivity contribution in [1.82, 2.24) is 0 Å². The first-order chi connectivity index (χ1) is 19.0. The summed E-state index contributed by atoms with van der Waals surface area (Å²) in [7, 11) is 0. The van der Waals surface area contributed by atoms with E-state index in [1.807, 2.05) is 0 Å². The van der Waals surface area contributed by atoms with E-state index in [0.29, 0.717) is 23.4 Å². The zero-order valence-corrected chi connectivity index (χ0v) is 24.2. The Hall–Kier alpha value is -2.32. The number of ether oxygens (including phenoxy) is 2. The molecule has 0 aromatic heterocycles. The Morgan fingerprint density at radius 1 is 0.897 bits per heavy atom. The number of hydrogen-bond donors (Lipinski definition) is 0. The van der Waals surface area contributed by atoms with Crippen molar-refractivity contribution in [3.63, 3.8) is 0 Å². The van der Waals surface area contributed by atoms with Crippen LogP contribution in [-0.4, -0.2) is 6.10 Å². The first-order valence-corrected chi connectivity index (χ1v) is 15.9. The van der Waals surface area contributed by atoms with Crippen molar-refractivity contribution in [2.24, 2.45) is 35.0 Å². The fourth-order valence-corrected chi connectivity index (χ4v) is 8.52. The Morgan fingerprint density at radius 3 is 2.33 bits per heavy atom. The molecule has 0 heterocycles. The van der Waals surface area contributed by atoms with Crippen LogP contribution in [0.4, 0.5) is 0 Å². The molecule has 4 fully saturated rings. The van der Waals surface area contributed by atoms with Crippen molar-refractivity contribution in [1.29, 1.82) is 0 Å². The average Bonchev–Trinajstić information content (AvgIpc) is 3.57. The molecule has 0 saturated heterocycles. The highest BCUT2D eigenvalue weighted by Crippen LogP contribution is 2.65. The molecule has 5 aliphatic rings. The second-order valence-corrected chi connectivity index (χ2v) is 14.0. The summed E-state index contributed by atoms with van der Waals surface area (Å²) in [6, 6.07) is 18.0. The third-order valence-corrected chi connectivity index (χ3v) is 11.1. The van der Waals surface area contributed by atoms with Crippen molar-refractivity contribution < 1.29 is 9.47 Å².